The van der Waals surface area contributed by atoms with Crippen molar-refractivity contribution in [2.75, 3.05) is 7.05 Å². The van der Waals surface area contributed by atoms with Crippen molar-refractivity contribution < 1.29 is 0 Å². The second-order valence-corrected chi connectivity index (χ2v) is 3.96. The molecule has 14 heavy (non-hydrogen) atoms. The van der Waals surface area contributed by atoms with E-state index in [0.29, 0.717) is 6.04 Å². The fourth-order valence-electron chi connectivity index (χ4n) is 1.42. The molecule has 1 atom stereocenters. The van der Waals surface area contributed by atoms with E-state index in [1.165, 1.54) is 5.56 Å². The molecule has 1 nitrogen and oxygen atoms in total. The van der Waals surface area contributed by atoms with Gasteiger partial charge < -0.3 is 5.32 Å². The van der Waals surface area contributed by atoms with Gasteiger partial charge in [0.2, 0.25) is 0 Å². The highest BCUT2D eigenvalue weighted by Gasteiger charge is 2.07. The molecule has 1 aromatic rings. The van der Waals surface area contributed by atoms with E-state index in [0.717, 1.165) is 17.0 Å². The number of halogens is 1. The Morgan fingerprint density at radius 1 is 1.57 bits per heavy atom. The number of hydrogen-bond donors (Lipinski definition) is 1. The van der Waals surface area contributed by atoms with Gasteiger partial charge in [0.15, 0.2) is 0 Å². The summed E-state index contributed by atoms with van der Waals surface area (Å²) in [6, 6.07) is 8.27. The van der Waals surface area contributed by atoms with Crippen molar-refractivity contribution in [1.82, 2.24) is 5.32 Å². The van der Waals surface area contributed by atoms with Gasteiger partial charge in [-0.3, -0.25) is 0 Å². The normalized spacial score (nSPS) is 12.5. The Hall–Kier alpha value is -0.790. The van der Waals surface area contributed by atoms with Crippen molar-refractivity contribution in [3.63, 3.8) is 0 Å². The van der Waals surface area contributed by atoms with Crippen molar-refractivity contribution in [1.29, 1.82) is 0 Å². The van der Waals surface area contributed by atoms with Crippen LogP contribution in [-0.2, 0) is 6.42 Å². The van der Waals surface area contributed by atoms with E-state index in [2.05, 4.69) is 18.0 Å². The lowest BCUT2D eigenvalue weighted by atomic mass is 10.0. The molecule has 0 amide bonds. The van der Waals surface area contributed by atoms with Gasteiger partial charge in [0.05, 0.1) is 0 Å². The van der Waals surface area contributed by atoms with Gasteiger partial charge in [-0.1, -0.05) is 35.9 Å². The van der Waals surface area contributed by atoms with Gasteiger partial charge in [-0.05, 0) is 38.1 Å². The first kappa shape index (κ1) is 11.3. The summed E-state index contributed by atoms with van der Waals surface area (Å²) >= 11 is 5.91. The lowest BCUT2D eigenvalue weighted by Gasteiger charge is -2.16. The van der Waals surface area contributed by atoms with Crippen molar-refractivity contribution in [3.8, 4) is 0 Å². The summed E-state index contributed by atoms with van der Waals surface area (Å²) in [5.74, 6) is 0. The molecule has 0 heterocycles. The first-order valence-electron chi connectivity index (χ1n) is 4.70. The Morgan fingerprint density at radius 2 is 2.29 bits per heavy atom. The summed E-state index contributed by atoms with van der Waals surface area (Å²) < 4.78 is 0. The summed E-state index contributed by atoms with van der Waals surface area (Å²) in [6.45, 7) is 5.98. The molecule has 1 unspecified atom stereocenters. The Balaban J connectivity index is 2.72. The molecule has 0 aliphatic rings. The summed E-state index contributed by atoms with van der Waals surface area (Å²) in [5, 5.41) is 4.02. The van der Waals surface area contributed by atoms with Gasteiger partial charge in [-0.2, -0.15) is 0 Å². The number of rotatable bonds is 4. The third-order valence-corrected chi connectivity index (χ3v) is 2.51. The van der Waals surface area contributed by atoms with Crippen LogP contribution in [0.3, 0.4) is 0 Å². The Bertz CT molecular complexity index is 320. The van der Waals surface area contributed by atoms with Crippen LogP contribution in [0.25, 0.3) is 0 Å². The number of benzene rings is 1. The molecule has 1 aromatic carbocycles. The van der Waals surface area contributed by atoms with Gasteiger partial charge in [0.1, 0.15) is 0 Å². The first-order valence-corrected chi connectivity index (χ1v) is 5.08. The second-order valence-electron chi connectivity index (χ2n) is 3.52. The molecule has 2 heteroatoms. The van der Waals surface area contributed by atoms with Gasteiger partial charge in [0, 0.05) is 11.1 Å². The van der Waals surface area contributed by atoms with E-state index in [1.807, 2.05) is 32.2 Å². The molecule has 0 bridgehead atoms. The van der Waals surface area contributed by atoms with Gasteiger partial charge >= 0.3 is 0 Å². The van der Waals surface area contributed by atoms with Gasteiger partial charge in [-0.15, -0.1) is 0 Å². The summed E-state index contributed by atoms with van der Waals surface area (Å²) in [7, 11) is 1.95. The standard InChI is InChI=1S/C12H16ClN/c1-9(2)12(14-3)8-10-5-4-6-11(13)7-10/h4-7,12,14H,1,8H2,2-3H3. The Morgan fingerprint density at radius 3 is 2.79 bits per heavy atom. The molecule has 0 saturated heterocycles. The molecule has 0 spiro atoms. The zero-order valence-corrected chi connectivity index (χ0v) is 9.43. The van der Waals surface area contributed by atoms with Crippen molar-refractivity contribution in [2.45, 2.75) is 19.4 Å². The summed E-state index contributed by atoms with van der Waals surface area (Å²) in [5.41, 5.74) is 2.38. The molecule has 76 valence electrons. The van der Waals surface area contributed by atoms with Gasteiger partial charge in [0.25, 0.3) is 0 Å². The molecule has 0 aliphatic heterocycles. The summed E-state index contributed by atoms with van der Waals surface area (Å²) in [4.78, 5) is 0. The molecule has 0 fully saturated rings. The van der Waals surface area contributed by atoms with Gasteiger partial charge in [-0.25, -0.2) is 0 Å². The minimum absolute atomic E-state index is 0.327. The topological polar surface area (TPSA) is 12.0 Å². The fraction of sp³-hybridized carbons (Fsp3) is 0.333. The van der Waals surface area contributed by atoms with E-state index in [-0.39, 0.29) is 0 Å². The zero-order chi connectivity index (χ0) is 10.6. The summed E-state index contributed by atoms with van der Waals surface area (Å²) in [6.07, 6.45) is 0.937. The average molecular weight is 210 g/mol. The number of likely N-dealkylation sites (N-methyl/N-ethyl adjacent to an activating group) is 1. The minimum Gasteiger partial charge on any atom is -0.313 e. The lowest BCUT2D eigenvalue weighted by Crippen LogP contribution is -2.28. The minimum atomic E-state index is 0.327. The van der Waals surface area contributed by atoms with Crippen LogP contribution in [-0.4, -0.2) is 13.1 Å². The van der Waals surface area contributed by atoms with E-state index in [9.17, 15) is 0 Å². The van der Waals surface area contributed by atoms with Crippen LogP contribution in [0, 0.1) is 0 Å². The maximum absolute atomic E-state index is 5.91. The SMILES string of the molecule is C=C(C)C(Cc1cccc(Cl)c1)NC. The number of nitrogens with one attached hydrogen (secondary N) is 1. The fourth-order valence-corrected chi connectivity index (χ4v) is 1.64. The monoisotopic (exact) mass is 209 g/mol. The van der Waals surface area contributed by atoms with Crippen molar-refractivity contribution in [3.05, 3.63) is 47.0 Å². The van der Waals surface area contributed by atoms with Crippen LogP contribution >= 0.6 is 11.6 Å². The predicted molar refractivity (Wildman–Crippen MR) is 62.8 cm³/mol. The molecule has 0 saturated carbocycles. The maximum atomic E-state index is 5.91. The maximum Gasteiger partial charge on any atom is 0.0408 e. The predicted octanol–water partition coefficient (Wildman–Crippen LogP) is 3.05. The highest BCUT2D eigenvalue weighted by atomic mass is 35.5. The Labute approximate surface area is 90.8 Å². The van der Waals surface area contributed by atoms with Crippen LogP contribution in [0.1, 0.15) is 12.5 Å². The van der Waals surface area contributed by atoms with Crippen LogP contribution in [0.2, 0.25) is 5.02 Å². The highest BCUT2D eigenvalue weighted by Crippen LogP contribution is 2.14. The molecular weight excluding hydrogens is 194 g/mol. The van der Waals surface area contributed by atoms with Crippen LogP contribution in [0.5, 0.6) is 0 Å². The zero-order valence-electron chi connectivity index (χ0n) is 8.68. The molecule has 0 radical (unpaired) electrons. The molecule has 1 N–H and O–H groups in total. The molecule has 1 rings (SSSR count). The third-order valence-electron chi connectivity index (χ3n) is 2.27. The van der Waals surface area contributed by atoms with Crippen LogP contribution < -0.4 is 5.32 Å². The van der Waals surface area contributed by atoms with E-state index < -0.39 is 0 Å². The largest absolute Gasteiger partial charge is 0.313 e. The van der Waals surface area contributed by atoms with Crippen molar-refractivity contribution >= 4 is 11.6 Å². The average Bonchev–Trinajstić information content (AvgIpc) is 2.14. The quantitative estimate of drug-likeness (QED) is 0.752. The van der Waals surface area contributed by atoms with E-state index in [1.54, 1.807) is 0 Å². The molecule has 0 aliphatic carbocycles. The van der Waals surface area contributed by atoms with Crippen molar-refractivity contribution in [2.24, 2.45) is 0 Å². The smallest absolute Gasteiger partial charge is 0.0408 e. The lowest BCUT2D eigenvalue weighted by molar-refractivity contribution is 0.634. The van der Waals surface area contributed by atoms with E-state index >= 15 is 0 Å². The van der Waals surface area contributed by atoms with Crippen LogP contribution in [0.4, 0.5) is 0 Å². The second kappa shape index (κ2) is 5.18. The Kier molecular flexibility index (Phi) is 4.18. The third kappa shape index (κ3) is 3.17. The molecule has 0 aromatic heterocycles. The number of hydrogen-bond acceptors (Lipinski definition) is 1. The first-order chi connectivity index (χ1) is 6.63. The highest BCUT2D eigenvalue weighted by molar-refractivity contribution is 6.30. The van der Waals surface area contributed by atoms with Crippen LogP contribution in [0.15, 0.2) is 36.4 Å². The van der Waals surface area contributed by atoms with E-state index in [4.69, 9.17) is 11.6 Å². The molecular formula is C12H16ClN.